The Hall–Kier alpha value is -0.120. The lowest BCUT2D eigenvalue weighted by Crippen LogP contribution is -3.10. The van der Waals surface area contributed by atoms with Crippen molar-refractivity contribution in [3.05, 3.63) is 5.21 Å². The molecule has 2 unspecified atom stereocenters. The molecular formula is C6H14N2O. The molecule has 0 bridgehead atoms. The number of hydroxylamine groups is 2. The SMILES string of the molecule is CC(C)C1NCC[NH+]1[O-]. The Labute approximate surface area is 55.6 Å². The van der Waals surface area contributed by atoms with Crippen LogP contribution in [0.3, 0.4) is 0 Å². The van der Waals surface area contributed by atoms with Crippen LogP contribution in [0.25, 0.3) is 0 Å². The van der Waals surface area contributed by atoms with Gasteiger partial charge in [0.2, 0.25) is 0 Å². The van der Waals surface area contributed by atoms with Gasteiger partial charge in [-0.1, -0.05) is 13.8 Å². The molecule has 0 aromatic heterocycles. The molecular weight excluding hydrogens is 116 g/mol. The van der Waals surface area contributed by atoms with Crippen molar-refractivity contribution < 1.29 is 5.06 Å². The van der Waals surface area contributed by atoms with Crippen LogP contribution >= 0.6 is 0 Å². The van der Waals surface area contributed by atoms with E-state index in [1.807, 2.05) is 0 Å². The Balaban J connectivity index is 2.40. The maximum Gasteiger partial charge on any atom is 0.143 e. The zero-order valence-electron chi connectivity index (χ0n) is 5.98. The normalized spacial score (nSPS) is 36.0. The van der Waals surface area contributed by atoms with Crippen LogP contribution in [-0.4, -0.2) is 19.3 Å². The van der Waals surface area contributed by atoms with E-state index in [0.29, 0.717) is 11.0 Å². The van der Waals surface area contributed by atoms with Gasteiger partial charge in [0.15, 0.2) is 0 Å². The molecule has 0 radical (unpaired) electrons. The second-order valence-electron chi connectivity index (χ2n) is 2.89. The molecule has 1 fully saturated rings. The summed E-state index contributed by atoms with van der Waals surface area (Å²) in [6, 6.07) is 0. The van der Waals surface area contributed by atoms with Gasteiger partial charge in [-0.3, -0.25) is 5.32 Å². The van der Waals surface area contributed by atoms with E-state index >= 15 is 0 Å². The third kappa shape index (κ3) is 1.41. The van der Waals surface area contributed by atoms with Gasteiger partial charge >= 0.3 is 0 Å². The highest BCUT2D eigenvalue weighted by Gasteiger charge is 2.23. The van der Waals surface area contributed by atoms with Crippen LogP contribution in [0.5, 0.6) is 0 Å². The van der Waals surface area contributed by atoms with Gasteiger partial charge in [0.1, 0.15) is 6.17 Å². The Kier molecular flexibility index (Phi) is 2.05. The van der Waals surface area contributed by atoms with Crippen LogP contribution in [0, 0.1) is 11.1 Å². The fourth-order valence-corrected chi connectivity index (χ4v) is 1.23. The molecule has 0 spiro atoms. The molecule has 54 valence electrons. The van der Waals surface area contributed by atoms with Crippen molar-refractivity contribution in [1.29, 1.82) is 0 Å². The highest BCUT2D eigenvalue weighted by molar-refractivity contribution is 4.63. The highest BCUT2D eigenvalue weighted by atomic mass is 16.5. The summed E-state index contributed by atoms with van der Waals surface area (Å²) in [5.74, 6) is 0.458. The van der Waals surface area contributed by atoms with Gasteiger partial charge in [0.25, 0.3) is 0 Å². The minimum Gasteiger partial charge on any atom is -0.633 e. The van der Waals surface area contributed by atoms with Gasteiger partial charge in [-0.25, -0.2) is 0 Å². The van der Waals surface area contributed by atoms with Crippen LogP contribution in [0.2, 0.25) is 0 Å². The second-order valence-corrected chi connectivity index (χ2v) is 2.89. The smallest absolute Gasteiger partial charge is 0.143 e. The van der Waals surface area contributed by atoms with E-state index in [-0.39, 0.29) is 6.17 Å². The van der Waals surface area contributed by atoms with Crippen molar-refractivity contribution in [1.82, 2.24) is 5.32 Å². The molecule has 9 heavy (non-hydrogen) atoms. The van der Waals surface area contributed by atoms with E-state index < -0.39 is 0 Å². The van der Waals surface area contributed by atoms with Gasteiger partial charge in [0, 0.05) is 5.92 Å². The summed E-state index contributed by atoms with van der Waals surface area (Å²) in [7, 11) is 0. The Morgan fingerprint density at radius 3 is 2.56 bits per heavy atom. The maximum absolute atomic E-state index is 11.0. The summed E-state index contributed by atoms with van der Waals surface area (Å²) >= 11 is 0. The first kappa shape index (κ1) is 6.99. The first-order valence-corrected chi connectivity index (χ1v) is 3.48. The lowest BCUT2D eigenvalue weighted by molar-refractivity contribution is -0.866. The van der Waals surface area contributed by atoms with E-state index in [2.05, 4.69) is 19.2 Å². The number of quaternary nitrogens is 1. The average molecular weight is 130 g/mol. The predicted octanol–water partition coefficient (Wildman–Crippen LogP) is -1.05. The molecule has 0 aliphatic carbocycles. The third-order valence-electron chi connectivity index (χ3n) is 1.75. The molecule has 0 amide bonds. The van der Waals surface area contributed by atoms with Gasteiger partial charge in [-0.15, -0.1) is 0 Å². The third-order valence-corrected chi connectivity index (χ3v) is 1.75. The quantitative estimate of drug-likeness (QED) is 0.445. The lowest BCUT2D eigenvalue weighted by atomic mass is 10.2. The predicted molar refractivity (Wildman–Crippen MR) is 35.8 cm³/mol. The molecule has 1 aliphatic heterocycles. The van der Waals surface area contributed by atoms with Crippen LogP contribution in [0.15, 0.2) is 0 Å². The molecule has 2 N–H and O–H groups in total. The molecule has 1 heterocycles. The summed E-state index contributed by atoms with van der Waals surface area (Å²) < 4.78 is 0. The van der Waals surface area contributed by atoms with E-state index in [0.717, 1.165) is 13.1 Å². The number of hydrogen-bond donors (Lipinski definition) is 2. The standard InChI is InChI=1S/C6H14N2O/c1-5(2)6-7-3-4-8(6)9/h5-8H,3-4H2,1-2H3. The zero-order chi connectivity index (χ0) is 6.85. The average Bonchev–Trinajstić information content (AvgIpc) is 2.13. The van der Waals surface area contributed by atoms with Crippen molar-refractivity contribution in [3.63, 3.8) is 0 Å². The van der Waals surface area contributed by atoms with Crippen LogP contribution < -0.4 is 10.4 Å². The first-order valence-electron chi connectivity index (χ1n) is 3.48. The summed E-state index contributed by atoms with van der Waals surface area (Å²) in [5, 5.41) is 14.5. The molecule has 1 aliphatic rings. The van der Waals surface area contributed by atoms with Crippen LogP contribution in [0.1, 0.15) is 13.8 Å². The summed E-state index contributed by atoms with van der Waals surface area (Å²) in [5.41, 5.74) is 0. The number of nitrogens with one attached hydrogen (secondary N) is 2. The zero-order valence-corrected chi connectivity index (χ0v) is 5.98. The fraction of sp³-hybridized carbons (Fsp3) is 1.00. The molecule has 3 heteroatoms. The van der Waals surface area contributed by atoms with Gasteiger partial charge in [-0.05, 0) is 0 Å². The number of rotatable bonds is 1. The Morgan fingerprint density at radius 2 is 2.33 bits per heavy atom. The van der Waals surface area contributed by atoms with E-state index in [4.69, 9.17) is 0 Å². The largest absolute Gasteiger partial charge is 0.633 e. The van der Waals surface area contributed by atoms with Crippen molar-refractivity contribution in [2.45, 2.75) is 20.0 Å². The topological polar surface area (TPSA) is 39.5 Å². The number of hydrogen-bond acceptors (Lipinski definition) is 2. The first-order chi connectivity index (χ1) is 4.22. The molecule has 0 aromatic carbocycles. The Bertz CT molecular complexity index is 95.1. The summed E-state index contributed by atoms with van der Waals surface area (Å²) in [6.45, 7) is 5.74. The van der Waals surface area contributed by atoms with E-state index in [9.17, 15) is 5.21 Å². The summed E-state index contributed by atoms with van der Waals surface area (Å²) in [4.78, 5) is 0. The minimum absolute atomic E-state index is 0.144. The van der Waals surface area contributed by atoms with Crippen molar-refractivity contribution in [2.24, 2.45) is 5.92 Å². The lowest BCUT2D eigenvalue weighted by Gasteiger charge is -2.26. The van der Waals surface area contributed by atoms with Crippen LogP contribution in [-0.2, 0) is 0 Å². The highest BCUT2D eigenvalue weighted by Crippen LogP contribution is 1.95. The molecule has 0 aromatic rings. The van der Waals surface area contributed by atoms with Crippen LogP contribution in [0.4, 0.5) is 0 Å². The van der Waals surface area contributed by atoms with Crippen molar-refractivity contribution in [3.8, 4) is 0 Å². The van der Waals surface area contributed by atoms with Gasteiger partial charge < -0.3 is 10.3 Å². The van der Waals surface area contributed by atoms with Gasteiger partial charge in [-0.2, -0.15) is 0 Å². The fourth-order valence-electron chi connectivity index (χ4n) is 1.23. The minimum atomic E-state index is 0.144. The van der Waals surface area contributed by atoms with Crippen molar-refractivity contribution in [2.75, 3.05) is 13.1 Å². The Morgan fingerprint density at radius 1 is 1.67 bits per heavy atom. The maximum atomic E-state index is 11.0. The molecule has 3 nitrogen and oxygen atoms in total. The van der Waals surface area contributed by atoms with Crippen molar-refractivity contribution >= 4 is 0 Å². The van der Waals surface area contributed by atoms with E-state index in [1.165, 1.54) is 0 Å². The molecule has 1 rings (SSSR count). The molecule has 2 atom stereocenters. The summed E-state index contributed by atoms with van der Waals surface area (Å²) in [6.07, 6.45) is 0.144. The second kappa shape index (κ2) is 2.64. The monoisotopic (exact) mass is 130 g/mol. The van der Waals surface area contributed by atoms with E-state index in [1.54, 1.807) is 0 Å². The molecule has 1 saturated heterocycles. The van der Waals surface area contributed by atoms with Gasteiger partial charge in [0.05, 0.1) is 13.1 Å². The molecule has 0 saturated carbocycles.